The molecule has 0 aliphatic rings. The molecule has 0 saturated carbocycles. The van der Waals surface area contributed by atoms with Gasteiger partial charge in [0.15, 0.2) is 0 Å². The molecule has 0 aromatic carbocycles. The molecule has 1 aromatic rings. The molecule has 0 aliphatic heterocycles. The molecule has 0 aliphatic carbocycles. The number of hydrogen-bond acceptors (Lipinski definition) is 2. The Bertz CT molecular complexity index is 483. The van der Waals surface area contributed by atoms with Crippen LogP contribution in [0.4, 0.5) is 0 Å². The van der Waals surface area contributed by atoms with Crippen LogP contribution in [0.3, 0.4) is 0 Å². The monoisotopic (exact) mass is 300 g/mol. The Hall–Kier alpha value is -1.49. The van der Waals surface area contributed by atoms with E-state index in [4.69, 9.17) is 16.7 Å². The maximum Gasteiger partial charge on any atom is 0.326 e. The second-order valence-electron chi connectivity index (χ2n) is 5.05. The fraction of sp³-hybridized carbons (Fsp3) is 0.571. The van der Waals surface area contributed by atoms with Crippen molar-refractivity contribution in [3.8, 4) is 0 Å². The number of carbonyl (C=O) groups excluding carboxylic acids is 1. The molecular weight excluding hydrogens is 280 g/mol. The van der Waals surface area contributed by atoms with Gasteiger partial charge in [-0.2, -0.15) is 0 Å². The second kappa shape index (κ2) is 7.33. The van der Waals surface area contributed by atoms with Crippen LogP contribution < -0.4 is 5.32 Å². The fourth-order valence-corrected chi connectivity index (χ4v) is 2.16. The predicted molar refractivity (Wildman–Crippen MR) is 78.2 cm³/mol. The smallest absolute Gasteiger partial charge is 0.326 e. The minimum Gasteiger partial charge on any atom is -0.480 e. The molecule has 0 bridgehead atoms. The van der Waals surface area contributed by atoms with Crippen LogP contribution in [-0.2, 0) is 4.79 Å². The number of carboxylic acids is 1. The molecule has 6 heteroatoms. The molecule has 1 unspecified atom stereocenters. The van der Waals surface area contributed by atoms with Crippen molar-refractivity contribution < 1.29 is 14.7 Å². The van der Waals surface area contributed by atoms with Crippen molar-refractivity contribution in [2.45, 2.75) is 52.1 Å². The SMILES string of the molecule is CCCCC(NC(=O)c1cc(Cl)cn1C(C)C)C(=O)O. The molecule has 0 radical (unpaired) electrons. The Kier molecular flexibility index (Phi) is 6.07. The highest BCUT2D eigenvalue weighted by atomic mass is 35.5. The van der Waals surface area contributed by atoms with E-state index >= 15 is 0 Å². The molecule has 1 amide bonds. The van der Waals surface area contributed by atoms with Crippen molar-refractivity contribution in [2.24, 2.45) is 0 Å². The molecule has 1 heterocycles. The highest BCUT2D eigenvalue weighted by Gasteiger charge is 2.22. The van der Waals surface area contributed by atoms with Crippen molar-refractivity contribution in [1.82, 2.24) is 9.88 Å². The van der Waals surface area contributed by atoms with E-state index in [1.54, 1.807) is 16.8 Å². The first-order chi connectivity index (χ1) is 9.36. The number of nitrogens with zero attached hydrogens (tertiary/aromatic N) is 1. The number of aliphatic carboxylic acids is 1. The summed E-state index contributed by atoms with van der Waals surface area (Å²) in [6.07, 6.45) is 3.73. The van der Waals surface area contributed by atoms with Gasteiger partial charge >= 0.3 is 5.97 Å². The molecule has 5 nitrogen and oxygen atoms in total. The van der Waals surface area contributed by atoms with Crippen molar-refractivity contribution in [2.75, 3.05) is 0 Å². The molecule has 0 spiro atoms. The lowest BCUT2D eigenvalue weighted by Gasteiger charge is -2.16. The minimum atomic E-state index is -1.01. The molecule has 0 fully saturated rings. The first kappa shape index (κ1) is 16.6. The van der Waals surface area contributed by atoms with Gasteiger partial charge in [0, 0.05) is 12.2 Å². The van der Waals surface area contributed by atoms with Gasteiger partial charge < -0.3 is 15.0 Å². The highest BCUT2D eigenvalue weighted by Crippen LogP contribution is 2.19. The quantitative estimate of drug-likeness (QED) is 0.813. The van der Waals surface area contributed by atoms with E-state index in [2.05, 4.69) is 5.32 Å². The lowest BCUT2D eigenvalue weighted by molar-refractivity contribution is -0.139. The summed E-state index contributed by atoms with van der Waals surface area (Å²) in [4.78, 5) is 23.4. The average molecular weight is 301 g/mol. The van der Waals surface area contributed by atoms with Crippen LogP contribution in [0.5, 0.6) is 0 Å². The van der Waals surface area contributed by atoms with E-state index in [1.165, 1.54) is 0 Å². The number of carbonyl (C=O) groups is 2. The van der Waals surface area contributed by atoms with E-state index in [0.29, 0.717) is 17.1 Å². The number of amides is 1. The van der Waals surface area contributed by atoms with Crippen LogP contribution in [0.1, 0.15) is 56.6 Å². The van der Waals surface area contributed by atoms with Crippen LogP contribution in [0, 0.1) is 0 Å². The van der Waals surface area contributed by atoms with Crippen molar-refractivity contribution in [3.05, 3.63) is 23.0 Å². The molecule has 0 saturated heterocycles. The van der Waals surface area contributed by atoms with E-state index in [1.807, 2.05) is 20.8 Å². The van der Waals surface area contributed by atoms with Gasteiger partial charge in [-0.05, 0) is 26.3 Å². The van der Waals surface area contributed by atoms with Gasteiger partial charge in [-0.1, -0.05) is 31.4 Å². The number of rotatable bonds is 7. The van der Waals surface area contributed by atoms with E-state index in [9.17, 15) is 9.59 Å². The Balaban J connectivity index is 2.86. The van der Waals surface area contributed by atoms with Crippen molar-refractivity contribution >= 4 is 23.5 Å². The van der Waals surface area contributed by atoms with Gasteiger partial charge in [-0.3, -0.25) is 4.79 Å². The van der Waals surface area contributed by atoms with Crippen LogP contribution in [0.15, 0.2) is 12.3 Å². The summed E-state index contributed by atoms with van der Waals surface area (Å²) < 4.78 is 1.73. The summed E-state index contributed by atoms with van der Waals surface area (Å²) >= 11 is 5.92. The molecule has 1 atom stereocenters. The van der Waals surface area contributed by atoms with Crippen LogP contribution in [-0.4, -0.2) is 27.6 Å². The molecule has 112 valence electrons. The van der Waals surface area contributed by atoms with Gasteiger partial charge in [0.2, 0.25) is 0 Å². The fourth-order valence-electron chi connectivity index (χ4n) is 1.95. The maximum absolute atomic E-state index is 12.2. The number of aromatic nitrogens is 1. The standard InChI is InChI=1S/C14H21ClN2O3/c1-4-5-6-11(14(19)20)16-13(18)12-7-10(15)8-17(12)9(2)3/h7-9,11H,4-6H2,1-3H3,(H,16,18)(H,19,20). The van der Waals surface area contributed by atoms with E-state index in [0.717, 1.165) is 12.8 Å². The zero-order valence-corrected chi connectivity index (χ0v) is 12.8. The molecule has 1 rings (SSSR count). The predicted octanol–water partition coefficient (Wildman–Crippen LogP) is 3.10. The van der Waals surface area contributed by atoms with Gasteiger partial charge in [0.05, 0.1) is 5.02 Å². The summed E-state index contributed by atoms with van der Waals surface area (Å²) in [5, 5.41) is 12.2. The summed E-state index contributed by atoms with van der Waals surface area (Å²) in [6, 6.07) is 0.759. The van der Waals surface area contributed by atoms with Crippen LogP contribution in [0.25, 0.3) is 0 Å². The first-order valence-corrected chi connectivity index (χ1v) is 7.15. The lowest BCUT2D eigenvalue weighted by Crippen LogP contribution is -2.41. The molecule has 20 heavy (non-hydrogen) atoms. The number of nitrogens with one attached hydrogen (secondary N) is 1. The van der Waals surface area contributed by atoms with Gasteiger partial charge in [-0.15, -0.1) is 0 Å². The minimum absolute atomic E-state index is 0.0715. The number of unbranched alkanes of at least 4 members (excludes halogenated alkanes) is 1. The topological polar surface area (TPSA) is 71.3 Å². The molecule has 2 N–H and O–H groups in total. The lowest BCUT2D eigenvalue weighted by atomic mass is 10.1. The Morgan fingerprint density at radius 1 is 1.45 bits per heavy atom. The Labute approximate surface area is 123 Å². The third kappa shape index (κ3) is 4.27. The van der Waals surface area contributed by atoms with E-state index < -0.39 is 17.9 Å². The second-order valence-corrected chi connectivity index (χ2v) is 5.49. The third-order valence-electron chi connectivity index (χ3n) is 3.05. The first-order valence-electron chi connectivity index (χ1n) is 6.77. The molecular formula is C14H21ClN2O3. The summed E-state index contributed by atoms with van der Waals surface area (Å²) in [7, 11) is 0. The number of carboxylic acid groups (broad SMARTS) is 1. The summed E-state index contributed by atoms with van der Waals surface area (Å²) in [5.74, 6) is -1.42. The zero-order valence-electron chi connectivity index (χ0n) is 12.0. The van der Waals surface area contributed by atoms with Gasteiger partial charge in [-0.25, -0.2) is 4.79 Å². The maximum atomic E-state index is 12.2. The third-order valence-corrected chi connectivity index (χ3v) is 3.26. The Morgan fingerprint density at radius 2 is 2.10 bits per heavy atom. The normalized spacial score (nSPS) is 12.4. The number of halogens is 1. The van der Waals surface area contributed by atoms with E-state index in [-0.39, 0.29) is 6.04 Å². The highest BCUT2D eigenvalue weighted by molar-refractivity contribution is 6.31. The van der Waals surface area contributed by atoms with Crippen LogP contribution >= 0.6 is 11.6 Å². The zero-order chi connectivity index (χ0) is 15.3. The largest absolute Gasteiger partial charge is 0.480 e. The van der Waals surface area contributed by atoms with Crippen LogP contribution in [0.2, 0.25) is 5.02 Å². The Morgan fingerprint density at radius 3 is 2.60 bits per heavy atom. The summed E-state index contributed by atoms with van der Waals surface area (Å²) in [6.45, 7) is 5.84. The van der Waals surface area contributed by atoms with Crippen molar-refractivity contribution in [3.63, 3.8) is 0 Å². The number of hydrogen-bond donors (Lipinski definition) is 2. The summed E-state index contributed by atoms with van der Waals surface area (Å²) in [5.41, 5.74) is 0.382. The average Bonchev–Trinajstić information content (AvgIpc) is 2.76. The van der Waals surface area contributed by atoms with Crippen molar-refractivity contribution in [1.29, 1.82) is 0 Å². The van der Waals surface area contributed by atoms with Gasteiger partial charge in [0.1, 0.15) is 11.7 Å². The van der Waals surface area contributed by atoms with Gasteiger partial charge in [0.25, 0.3) is 5.91 Å². The molecule has 1 aromatic heterocycles.